The molecule has 0 aliphatic heterocycles. The Kier molecular flexibility index (Phi) is 3.46. The van der Waals surface area contributed by atoms with Crippen molar-refractivity contribution in [3.8, 4) is 11.1 Å². The van der Waals surface area contributed by atoms with E-state index in [-0.39, 0.29) is 11.7 Å². The molecule has 0 fully saturated rings. The van der Waals surface area contributed by atoms with E-state index in [1.54, 1.807) is 0 Å². The summed E-state index contributed by atoms with van der Waals surface area (Å²) in [5, 5.41) is 0. The van der Waals surface area contributed by atoms with Crippen LogP contribution >= 0.6 is 0 Å². The molecule has 0 bridgehead atoms. The van der Waals surface area contributed by atoms with E-state index in [0.717, 1.165) is 22.4 Å². The van der Waals surface area contributed by atoms with E-state index in [1.165, 1.54) is 11.1 Å². The first-order valence-electron chi connectivity index (χ1n) is 8.17. The first kappa shape index (κ1) is 14.7. The van der Waals surface area contributed by atoms with Gasteiger partial charge in [0, 0.05) is 30.9 Å². The summed E-state index contributed by atoms with van der Waals surface area (Å²) in [5.41, 5.74) is 6.49. The van der Waals surface area contributed by atoms with Gasteiger partial charge < -0.3 is 4.90 Å². The number of hydrogen-bond donors (Lipinski definition) is 0. The Labute approximate surface area is 142 Å². The molecule has 1 unspecified atom stereocenters. The Bertz CT molecular complexity index is 912. The zero-order chi connectivity index (χ0) is 16.7. The molecule has 1 atom stereocenters. The third-order valence-corrected chi connectivity index (χ3v) is 4.73. The van der Waals surface area contributed by atoms with Gasteiger partial charge in [-0.2, -0.15) is 0 Å². The zero-order valence-electron chi connectivity index (χ0n) is 13.9. The minimum atomic E-state index is -0.224. The molecule has 4 rings (SSSR count). The van der Waals surface area contributed by atoms with Crippen molar-refractivity contribution in [3.63, 3.8) is 0 Å². The number of fused-ring (bicyclic) bond motifs is 3. The van der Waals surface area contributed by atoms with Gasteiger partial charge in [-0.15, -0.1) is 0 Å². The standard InChI is InChI=1S/C22H19NO/c1-23(2)19-14-8-13-18-20(19)16-11-6-7-12-17(16)21(18)22(24)15-9-4-3-5-10-15/h3-14,21H,1-2H3. The van der Waals surface area contributed by atoms with Gasteiger partial charge in [-0.05, 0) is 22.8 Å². The molecule has 2 nitrogen and oxygen atoms in total. The van der Waals surface area contributed by atoms with Gasteiger partial charge >= 0.3 is 0 Å². The second-order valence-electron chi connectivity index (χ2n) is 6.39. The Morgan fingerprint density at radius 3 is 2.21 bits per heavy atom. The van der Waals surface area contributed by atoms with Crippen LogP contribution in [-0.4, -0.2) is 19.9 Å². The maximum atomic E-state index is 13.2. The molecule has 0 saturated carbocycles. The van der Waals surface area contributed by atoms with Crippen LogP contribution < -0.4 is 4.90 Å². The lowest BCUT2D eigenvalue weighted by Gasteiger charge is -2.18. The summed E-state index contributed by atoms with van der Waals surface area (Å²) in [7, 11) is 4.09. The number of Topliss-reactive ketones (excluding diaryl/α,β-unsaturated/α-hetero) is 1. The van der Waals surface area contributed by atoms with Gasteiger partial charge in [0.1, 0.15) is 0 Å². The monoisotopic (exact) mass is 313 g/mol. The van der Waals surface area contributed by atoms with Gasteiger partial charge in [-0.1, -0.05) is 66.7 Å². The summed E-state index contributed by atoms with van der Waals surface area (Å²) in [4.78, 5) is 15.4. The molecule has 0 heterocycles. The third-order valence-electron chi connectivity index (χ3n) is 4.73. The fourth-order valence-electron chi connectivity index (χ4n) is 3.66. The Hall–Kier alpha value is -2.87. The molecule has 0 aromatic heterocycles. The Morgan fingerprint density at radius 2 is 1.46 bits per heavy atom. The predicted molar refractivity (Wildman–Crippen MR) is 98.8 cm³/mol. The summed E-state index contributed by atoms with van der Waals surface area (Å²) in [6, 6.07) is 24.1. The number of benzene rings is 3. The summed E-state index contributed by atoms with van der Waals surface area (Å²) in [6.45, 7) is 0. The number of carbonyl (C=O) groups excluding carboxylic acids is 1. The second kappa shape index (κ2) is 5.64. The summed E-state index contributed by atoms with van der Waals surface area (Å²) < 4.78 is 0. The van der Waals surface area contributed by atoms with Gasteiger partial charge in [0.2, 0.25) is 0 Å². The quantitative estimate of drug-likeness (QED) is 0.650. The van der Waals surface area contributed by atoms with Crippen LogP contribution in [0.25, 0.3) is 11.1 Å². The average molecular weight is 313 g/mol. The fraction of sp³-hybridized carbons (Fsp3) is 0.136. The SMILES string of the molecule is CN(C)c1cccc2c1-c1ccccc1C2C(=O)c1ccccc1. The largest absolute Gasteiger partial charge is 0.377 e. The van der Waals surface area contributed by atoms with Crippen LogP contribution in [0.1, 0.15) is 27.4 Å². The first-order chi connectivity index (χ1) is 11.7. The highest BCUT2D eigenvalue weighted by molar-refractivity contribution is 6.08. The number of rotatable bonds is 3. The van der Waals surface area contributed by atoms with Gasteiger partial charge in [-0.3, -0.25) is 4.79 Å². The summed E-state index contributed by atoms with van der Waals surface area (Å²) in [6.07, 6.45) is 0. The normalized spacial score (nSPS) is 14.8. The zero-order valence-corrected chi connectivity index (χ0v) is 13.9. The highest BCUT2D eigenvalue weighted by atomic mass is 16.1. The highest BCUT2D eigenvalue weighted by Gasteiger charge is 2.35. The molecule has 0 N–H and O–H groups in total. The lowest BCUT2D eigenvalue weighted by Crippen LogP contribution is -2.13. The first-order valence-corrected chi connectivity index (χ1v) is 8.17. The molecular formula is C22H19NO. The Morgan fingerprint density at radius 1 is 0.792 bits per heavy atom. The molecule has 0 saturated heterocycles. The van der Waals surface area contributed by atoms with Gasteiger partial charge in [0.25, 0.3) is 0 Å². The predicted octanol–water partition coefficient (Wildman–Crippen LogP) is 4.75. The molecule has 0 spiro atoms. The van der Waals surface area contributed by atoms with Crippen molar-refractivity contribution in [1.29, 1.82) is 0 Å². The van der Waals surface area contributed by atoms with E-state index in [2.05, 4.69) is 29.2 Å². The third kappa shape index (κ3) is 2.15. The molecule has 1 aliphatic rings. The molecule has 0 amide bonds. The van der Waals surface area contributed by atoms with Crippen LogP contribution in [0.4, 0.5) is 5.69 Å². The molecule has 1 aliphatic carbocycles. The van der Waals surface area contributed by atoms with Gasteiger partial charge in [0.05, 0.1) is 5.92 Å². The van der Waals surface area contributed by atoms with Gasteiger partial charge in [-0.25, -0.2) is 0 Å². The molecule has 0 radical (unpaired) electrons. The van der Waals surface area contributed by atoms with Crippen LogP contribution in [0.3, 0.4) is 0 Å². The van der Waals surface area contributed by atoms with E-state index in [0.29, 0.717) is 0 Å². The van der Waals surface area contributed by atoms with Crippen molar-refractivity contribution in [2.75, 3.05) is 19.0 Å². The van der Waals surface area contributed by atoms with E-state index >= 15 is 0 Å². The number of nitrogens with zero attached hydrogens (tertiary/aromatic N) is 1. The lowest BCUT2D eigenvalue weighted by atomic mass is 9.89. The summed E-state index contributed by atoms with van der Waals surface area (Å²) in [5.74, 6) is -0.0591. The van der Waals surface area contributed by atoms with Crippen LogP contribution in [0.5, 0.6) is 0 Å². The molecule has 3 aromatic rings. The van der Waals surface area contributed by atoms with E-state index in [1.807, 2.05) is 62.6 Å². The smallest absolute Gasteiger partial charge is 0.174 e. The maximum Gasteiger partial charge on any atom is 0.174 e. The molecule has 118 valence electrons. The molecule has 24 heavy (non-hydrogen) atoms. The minimum absolute atomic E-state index is 0.165. The van der Waals surface area contributed by atoms with Crippen molar-refractivity contribution in [3.05, 3.63) is 89.5 Å². The van der Waals surface area contributed by atoms with E-state index in [4.69, 9.17) is 0 Å². The number of ketones is 1. The second-order valence-corrected chi connectivity index (χ2v) is 6.39. The Balaban J connectivity index is 1.95. The van der Waals surface area contributed by atoms with Crippen LogP contribution in [0.15, 0.2) is 72.8 Å². The van der Waals surface area contributed by atoms with Crippen LogP contribution in [0.2, 0.25) is 0 Å². The van der Waals surface area contributed by atoms with Crippen molar-refractivity contribution in [2.24, 2.45) is 0 Å². The van der Waals surface area contributed by atoms with Crippen molar-refractivity contribution in [2.45, 2.75) is 5.92 Å². The van der Waals surface area contributed by atoms with Crippen molar-refractivity contribution >= 4 is 11.5 Å². The molecule has 2 heteroatoms. The van der Waals surface area contributed by atoms with E-state index in [9.17, 15) is 4.79 Å². The van der Waals surface area contributed by atoms with Crippen molar-refractivity contribution in [1.82, 2.24) is 0 Å². The maximum absolute atomic E-state index is 13.2. The lowest BCUT2D eigenvalue weighted by molar-refractivity contribution is 0.0975. The molecule has 3 aromatic carbocycles. The van der Waals surface area contributed by atoms with Crippen LogP contribution in [-0.2, 0) is 0 Å². The van der Waals surface area contributed by atoms with Gasteiger partial charge in [0.15, 0.2) is 5.78 Å². The van der Waals surface area contributed by atoms with Crippen LogP contribution in [0, 0.1) is 0 Å². The summed E-state index contributed by atoms with van der Waals surface area (Å²) >= 11 is 0. The fourth-order valence-corrected chi connectivity index (χ4v) is 3.66. The average Bonchev–Trinajstić information content (AvgIpc) is 2.96. The topological polar surface area (TPSA) is 20.3 Å². The highest BCUT2D eigenvalue weighted by Crippen LogP contribution is 2.49. The number of carbonyl (C=O) groups is 1. The number of hydrogen-bond acceptors (Lipinski definition) is 2. The minimum Gasteiger partial charge on any atom is -0.377 e. The molecular weight excluding hydrogens is 294 g/mol. The number of anilines is 1. The van der Waals surface area contributed by atoms with Crippen molar-refractivity contribution < 1.29 is 4.79 Å². The van der Waals surface area contributed by atoms with E-state index < -0.39 is 0 Å².